The maximum atomic E-state index is 14.5. The Morgan fingerprint density at radius 1 is 0.980 bits per heavy atom. The fraction of sp³-hybridized carbons (Fsp3) is 0.568. The largest absolute Gasteiger partial charge is 0.433 e. The first kappa shape index (κ1) is 39.4. The number of rotatable bonds is 20. The number of hydrogen-bond acceptors (Lipinski definition) is 9. The van der Waals surface area contributed by atoms with E-state index in [1.807, 2.05) is 12.1 Å². The van der Waals surface area contributed by atoms with Crippen molar-refractivity contribution < 1.29 is 32.3 Å². The van der Waals surface area contributed by atoms with Gasteiger partial charge in [0.15, 0.2) is 17.5 Å². The monoisotopic (exact) mass is 728 g/mol. The summed E-state index contributed by atoms with van der Waals surface area (Å²) in [5.41, 5.74) is -0.979. The number of cyclic esters (lactones) is 1. The van der Waals surface area contributed by atoms with Gasteiger partial charge in [0.1, 0.15) is 4.90 Å². The van der Waals surface area contributed by atoms with E-state index in [0.29, 0.717) is 29.5 Å². The molecule has 0 bridgehead atoms. The number of carbonyl (C=O) groups excluding carboxylic acids is 3. The van der Waals surface area contributed by atoms with Crippen molar-refractivity contribution in [2.45, 2.75) is 114 Å². The lowest BCUT2D eigenvalue weighted by Gasteiger charge is -2.35. The highest BCUT2D eigenvalue weighted by Gasteiger charge is 2.55. The van der Waals surface area contributed by atoms with Gasteiger partial charge in [0.25, 0.3) is 21.8 Å². The van der Waals surface area contributed by atoms with E-state index in [1.165, 1.54) is 26.0 Å². The van der Waals surface area contributed by atoms with Gasteiger partial charge < -0.3 is 14.8 Å². The van der Waals surface area contributed by atoms with Crippen LogP contribution in [0.2, 0.25) is 0 Å². The molecule has 2 aliphatic rings. The van der Waals surface area contributed by atoms with E-state index >= 15 is 0 Å². The number of anilines is 1. The van der Waals surface area contributed by atoms with Crippen LogP contribution in [0.4, 0.5) is 16.2 Å². The number of sulfonamides is 1. The molecule has 4 rings (SSSR count). The zero-order valence-electron chi connectivity index (χ0n) is 30.0. The fourth-order valence-electron chi connectivity index (χ4n) is 5.94. The molecule has 0 radical (unpaired) electrons. The van der Waals surface area contributed by atoms with Crippen LogP contribution < -0.4 is 5.32 Å². The van der Waals surface area contributed by atoms with Crippen molar-refractivity contribution in [3.63, 3.8) is 0 Å². The molecule has 13 heteroatoms. The zero-order chi connectivity index (χ0) is 36.3. The molecule has 2 aliphatic heterocycles. The van der Waals surface area contributed by atoms with Crippen molar-refractivity contribution in [2.24, 2.45) is 10.9 Å². The van der Waals surface area contributed by atoms with Crippen molar-refractivity contribution in [1.82, 2.24) is 9.21 Å². The van der Waals surface area contributed by atoms with Crippen molar-refractivity contribution in [3.8, 4) is 0 Å². The molecule has 2 atom stereocenters. The number of amidine groups is 1. The summed E-state index contributed by atoms with van der Waals surface area (Å²) in [5.74, 6) is -0.567. The first-order chi connectivity index (χ1) is 24.0. The Morgan fingerprint density at radius 2 is 1.70 bits per heavy atom. The standard InChI is InChI=1S/C37H52N4O7S2/c1-6-9-11-16-25-49-30-21-14-12-19-28(30)39-34(42)32(41-35(43)37(4,5)48-36(41)44)33-38-29-20-13-15-22-31(29)50(45,46)40(33)23-17-24-47-26-27(8-3)18-10-7-2/h12-15,19-22,27,32H,6-11,16-18,23-26H2,1-5H3,(H,39,42). The second kappa shape index (κ2) is 18.2. The number of unbranched alkanes of at least 4 members (excludes halogenated alkanes) is 4. The van der Waals surface area contributed by atoms with Gasteiger partial charge in [0.2, 0.25) is 0 Å². The number of aliphatic imine (C=N–C) groups is 1. The van der Waals surface area contributed by atoms with Gasteiger partial charge in [-0.3, -0.25) is 13.9 Å². The Kier molecular flexibility index (Phi) is 14.3. The van der Waals surface area contributed by atoms with E-state index in [2.05, 4.69) is 31.1 Å². The Morgan fingerprint density at radius 3 is 2.40 bits per heavy atom. The minimum absolute atomic E-state index is 0.0325. The summed E-state index contributed by atoms with van der Waals surface area (Å²) in [6.07, 6.45) is 7.89. The second-order valence-corrected chi connectivity index (χ2v) is 16.2. The second-order valence-electron chi connectivity index (χ2n) is 13.2. The van der Waals surface area contributed by atoms with Crippen LogP contribution in [0, 0.1) is 5.92 Å². The third-order valence-electron chi connectivity index (χ3n) is 8.90. The lowest BCUT2D eigenvalue weighted by molar-refractivity contribution is -0.137. The maximum Gasteiger partial charge on any atom is 0.418 e. The van der Waals surface area contributed by atoms with Gasteiger partial charge in [-0.05, 0) is 69.0 Å². The molecule has 1 saturated heterocycles. The Labute approximate surface area is 301 Å². The highest BCUT2D eigenvalue weighted by atomic mass is 32.2. The summed E-state index contributed by atoms with van der Waals surface area (Å²) >= 11 is 1.60. The number of fused-ring (bicyclic) bond motifs is 1. The Balaban J connectivity index is 1.68. The molecule has 3 amide bonds. The van der Waals surface area contributed by atoms with Gasteiger partial charge in [-0.25, -0.2) is 23.1 Å². The predicted octanol–water partition coefficient (Wildman–Crippen LogP) is 7.78. The summed E-state index contributed by atoms with van der Waals surface area (Å²) < 4.78 is 40.9. The average molecular weight is 729 g/mol. The molecule has 0 spiro atoms. The molecule has 0 saturated carbocycles. The average Bonchev–Trinajstić information content (AvgIpc) is 3.29. The van der Waals surface area contributed by atoms with Crippen LogP contribution in [0.15, 0.2) is 63.3 Å². The van der Waals surface area contributed by atoms with E-state index in [0.717, 1.165) is 66.3 Å². The van der Waals surface area contributed by atoms with Gasteiger partial charge in [-0.1, -0.05) is 83.6 Å². The molecule has 50 heavy (non-hydrogen) atoms. The van der Waals surface area contributed by atoms with Crippen LogP contribution in [0.1, 0.15) is 92.4 Å². The Hall–Kier alpha value is -3.42. The van der Waals surface area contributed by atoms with Gasteiger partial charge in [0.05, 0.1) is 11.4 Å². The lowest BCUT2D eigenvalue weighted by atomic mass is 10.0. The first-order valence-electron chi connectivity index (χ1n) is 17.8. The van der Waals surface area contributed by atoms with Crippen molar-refractivity contribution in [2.75, 3.05) is 30.8 Å². The summed E-state index contributed by atoms with van der Waals surface area (Å²) in [7, 11) is -4.25. The van der Waals surface area contributed by atoms with E-state index in [9.17, 15) is 22.8 Å². The maximum absolute atomic E-state index is 14.5. The normalized spacial score (nSPS) is 17.6. The van der Waals surface area contributed by atoms with Crippen LogP contribution in [0.25, 0.3) is 0 Å². The first-order valence-corrected chi connectivity index (χ1v) is 20.3. The van der Waals surface area contributed by atoms with Crippen molar-refractivity contribution in [1.29, 1.82) is 0 Å². The number of imide groups is 1. The SMILES string of the molecule is CCCCCCSc1ccccc1NC(=O)C(C1=Nc2ccccc2S(=O)(=O)N1CCCOCC(CC)CCCC)N1C(=O)OC(C)(C)C1=O. The molecule has 274 valence electrons. The molecular weight excluding hydrogens is 677 g/mol. The molecule has 2 heterocycles. The number of para-hydroxylation sites is 2. The topological polar surface area (TPSA) is 135 Å². The third-order valence-corrected chi connectivity index (χ3v) is 11.9. The van der Waals surface area contributed by atoms with E-state index in [1.54, 1.807) is 36.0 Å². The molecule has 0 aliphatic carbocycles. The summed E-state index contributed by atoms with van der Waals surface area (Å²) in [5, 5.41) is 2.90. The molecule has 2 unspecified atom stereocenters. The summed E-state index contributed by atoms with van der Waals surface area (Å²) in [6.45, 7) is 10.1. The third kappa shape index (κ3) is 9.46. The highest BCUT2D eigenvalue weighted by Crippen LogP contribution is 2.36. The molecule has 1 N–H and O–H groups in total. The smallest absolute Gasteiger partial charge is 0.418 e. The number of thioether (sulfide) groups is 1. The van der Waals surface area contributed by atoms with Crippen LogP contribution in [-0.4, -0.2) is 78.5 Å². The van der Waals surface area contributed by atoms with Crippen LogP contribution in [-0.2, 0) is 29.1 Å². The lowest BCUT2D eigenvalue weighted by Crippen LogP contribution is -2.59. The number of amides is 3. The van der Waals surface area contributed by atoms with Gasteiger partial charge in [0, 0.05) is 24.7 Å². The fourth-order valence-corrected chi connectivity index (χ4v) is 8.58. The molecule has 2 aromatic rings. The predicted molar refractivity (Wildman–Crippen MR) is 197 cm³/mol. The van der Waals surface area contributed by atoms with E-state index < -0.39 is 39.6 Å². The summed E-state index contributed by atoms with van der Waals surface area (Å²) in [4.78, 5) is 47.7. The number of carbonyl (C=O) groups is 3. The van der Waals surface area contributed by atoms with Crippen LogP contribution >= 0.6 is 11.8 Å². The number of ether oxygens (including phenoxy) is 2. The Bertz CT molecular complexity index is 1630. The molecular formula is C37H52N4O7S2. The quantitative estimate of drug-likeness (QED) is 0.108. The minimum atomic E-state index is -4.25. The molecule has 2 aromatic carbocycles. The van der Waals surface area contributed by atoms with E-state index in [4.69, 9.17) is 9.47 Å². The summed E-state index contributed by atoms with van der Waals surface area (Å²) in [6, 6.07) is 11.8. The number of benzene rings is 2. The van der Waals surface area contributed by atoms with Crippen molar-refractivity contribution in [3.05, 3.63) is 48.5 Å². The zero-order valence-corrected chi connectivity index (χ0v) is 31.6. The van der Waals surface area contributed by atoms with Gasteiger partial charge >= 0.3 is 6.09 Å². The van der Waals surface area contributed by atoms with Crippen LogP contribution in [0.5, 0.6) is 0 Å². The molecule has 11 nitrogen and oxygen atoms in total. The molecule has 0 aromatic heterocycles. The van der Waals surface area contributed by atoms with Crippen LogP contribution in [0.3, 0.4) is 0 Å². The number of nitrogens with one attached hydrogen (secondary N) is 1. The molecule has 1 fully saturated rings. The van der Waals surface area contributed by atoms with Gasteiger partial charge in [-0.2, -0.15) is 0 Å². The highest BCUT2D eigenvalue weighted by molar-refractivity contribution is 7.99. The van der Waals surface area contributed by atoms with Gasteiger partial charge in [-0.15, -0.1) is 11.8 Å². The minimum Gasteiger partial charge on any atom is -0.433 e. The number of hydrogen-bond donors (Lipinski definition) is 1. The van der Waals surface area contributed by atoms with E-state index in [-0.39, 0.29) is 29.6 Å². The van der Waals surface area contributed by atoms with Crippen molar-refractivity contribution >= 4 is 56.9 Å². The number of nitrogens with zero attached hydrogens (tertiary/aromatic N) is 3.